The van der Waals surface area contributed by atoms with E-state index in [1.54, 1.807) is 36.4 Å². The highest BCUT2D eigenvalue weighted by Gasteiger charge is 2.11. The second kappa shape index (κ2) is 8.73. The summed E-state index contributed by atoms with van der Waals surface area (Å²) in [7, 11) is 0. The second-order valence-corrected chi connectivity index (χ2v) is 5.20. The lowest BCUT2D eigenvalue weighted by atomic mass is 10.2. The molecule has 0 saturated carbocycles. The second-order valence-electron chi connectivity index (χ2n) is 4.80. The number of carbonyl (C=O) groups excluding carboxylic acids is 3. The molecule has 0 aliphatic carbocycles. The fourth-order valence-electron chi connectivity index (χ4n) is 1.80. The van der Waals surface area contributed by atoms with Gasteiger partial charge < -0.3 is 20.4 Å². The highest BCUT2D eigenvalue weighted by atomic mass is 35.5. The topological polar surface area (TPSA) is 100 Å². The Balaban J connectivity index is 1.67. The van der Waals surface area contributed by atoms with Crippen molar-refractivity contribution in [2.45, 2.75) is 6.54 Å². The molecule has 3 N–H and O–H groups in total. The van der Waals surface area contributed by atoms with E-state index in [4.69, 9.17) is 16.0 Å². The Kier molecular flexibility index (Phi) is 6.39. The van der Waals surface area contributed by atoms with Crippen LogP contribution in [0, 0.1) is 0 Å². The van der Waals surface area contributed by atoms with Crippen LogP contribution in [0.15, 0.2) is 47.1 Å². The zero-order valence-electron chi connectivity index (χ0n) is 12.7. The van der Waals surface area contributed by atoms with Gasteiger partial charge in [0.1, 0.15) is 5.76 Å². The monoisotopic (exact) mass is 349 g/mol. The Hall–Kier alpha value is -2.80. The number of rotatable bonds is 7. The number of halogens is 1. The Labute approximate surface area is 143 Å². The van der Waals surface area contributed by atoms with Gasteiger partial charge in [-0.2, -0.15) is 0 Å². The van der Waals surface area contributed by atoms with E-state index in [2.05, 4.69) is 16.0 Å². The number of hydrogen-bond acceptors (Lipinski definition) is 4. The van der Waals surface area contributed by atoms with Gasteiger partial charge in [0.2, 0.25) is 11.8 Å². The van der Waals surface area contributed by atoms with E-state index in [1.165, 1.54) is 6.26 Å². The molecule has 0 aliphatic heterocycles. The molecule has 24 heavy (non-hydrogen) atoms. The SMILES string of the molecule is O=C(CNC(=O)CNC(=O)c1ccccc1Cl)NCc1ccco1. The molecular weight excluding hydrogens is 334 g/mol. The molecule has 0 unspecified atom stereocenters. The minimum atomic E-state index is -0.483. The van der Waals surface area contributed by atoms with Crippen LogP contribution in [0.2, 0.25) is 5.02 Å². The summed E-state index contributed by atoms with van der Waals surface area (Å²) in [5, 5.41) is 7.73. The molecule has 1 heterocycles. The third-order valence-corrected chi connectivity index (χ3v) is 3.34. The Morgan fingerprint density at radius 3 is 2.33 bits per heavy atom. The van der Waals surface area contributed by atoms with Gasteiger partial charge in [0.15, 0.2) is 0 Å². The summed E-state index contributed by atoms with van der Waals surface area (Å²) in [4.78, 5) is 35.1. The van der Waals surface area contributed by atoms with Gasteiger partial charge in [-0.15, -0.1) is 0 Å². The van der Waals surface area contributed by atoms with E-state index in [1.807, 2.05) is 0 Å². The molecule has 1 aromatic heterocycles. The summed E-state index contributed by atoms with van der Waals surface area (Å²) in [5.74, 6) is -0.694. The normalized spacial score (nSPS) is 10.0. The molecule has 0 spiro atoms. The molecule has 8 heteroatoms. The van der Waals surface area contributed by atoms with Crippen molar-refractivity contribution in [3.8, 4) is 0 Å². The first-order valence-corrected chi connectivity index (χ1v) is 7.52. The molecule has 2 aromatic rings. The van der Waals surface area contributed by atoms with Crippen LogP contribution in [0.1, 0.15) is 16.1 Å². The van der Waals surface area contributed by atoms with E-state index >= 15 is 0 Å². The van der Waals surface area contributed by atoms with E-state index in [0.29, 0.717) is 10.8 Å². The van der Waals surface area contributed by atoms with Crippen molar-refractivity contribution in [3.63, 3.8) is 0 Å². The van der Waals surface area contributed by atoms with E-state index in [9.17, 15) is 14.4 Å². The van der Waals surface area contributed by atoms with Crippen molar-refractivity contribution in [2.75, 3.05) is 13.1 Å². The standard InChI is InChI=1S/C16H16ClN3O4/c17-13-6-2-1-5-12(13)16(23)20-10-15(22)19-9-14(21)18-8-11-4-3-7-24-11/h1-7H,8-10H2,(H,18,21)(H,19,22)(H,20,23). The highest BCUT2D eigenvalue weighted by Crippen LogP contribution is 2.14. The van der Waals surface area contributed by atoms with Crippen LogP contribution < -0.4 is 16.0 Å². The molecule has 3 amide bonds. The molecule has 1 aromatic carbocycles. The molecule has 0 atom stereocenters. The lowest BCUT2D eigenvalue weighted by molar-refractivity contribution is -0.125. The number of hydrogen-bond donors (Lipinski definition) is 3. The molecule has 126 valence electrons. The van der Waals surface area contributed by atoms with Crippen molar-refractivity contribution in [2.24, 2.45) is 0 Å². The maximum Gasteiger partial charge on any atom is 0.253 e. The molecule has 0 saturated heterocycles. The quantitative estimate of drug-likeness (QED) is 0.696. The highest BCUT2D eigenvalue weighted by molar-refractivity contribution is 6.33. The third-order valence-electron chi connectivity index (χ3n) is 3.01. The van der Waals surface area contributed by atoms with Gasteiger partial charge in [0, 0.05) is 0 Å². The molecule has 7 nitrogen and oxygen atoms in total. The third kappa shape index (κ3) is 5.44. The number of nitrogens with one attached hydrogen (secondary N) is 3. The summed E-state index contributed by atoms with van der Waals surface area (Å²) in [6, 6.07) is 9.95. The van der Waals surface area contributed by atoms with Crippen molar-refractivity contribution in [1.82, 2.24) is 16.0 Å². The maximum absolute atomic E-state index is 11.9. The van der Waals surface area contributed by atoms with Gasteiger partial charge in [-0.25, -0.2) is 0 Å². The number of carbonyl (C=O) groups is 3. The first-order valence-electron chi connectivity index (χ1n) is 7.15. The number of amides is 3. The van der Waals surface area contributed by atoms with Crippen LogP contribution in [0.3, 0.4) is 0 Å². The summed E-state index contributed by atoms with van der Waals surface area (Å²) in [5.41, 5.74) is 0.281. The first-order chi connectivity index (χ1) is 11.6. The zero-order chi connectivity index (χ0) is 17.4. The Morgan fingerprint density at radius 1 is 0.917 bits per heavy atom. The average molecular weight is 350 g/mol. The maximum atomic E-state index is 11.9. The minimum Gasteiger partial charge on any atom is -0.467 e. The average Bonchev–Trinajstić information content (AvgIpc) is 3.10. The van der Waals surface area contributed by atoms with Gasteiger partial charge in [-0.05, 0) is 24.3 Å². The van der Waals surface area contributed by atoms with Gasteiger partial charge in [-0.1, -0.05) is 23.7 Å². The van der Waals surface area contributed by atoms with Gasteiger partial charge >= 0.3 is 0 Å². The number of furan rings is 1. The van der Waals surface area contributed by atoms with Crippen molar-refractivity contribution < 1.29 is 18.8 Å². The lowest BCUT2D eigenvalue weighted by Crippen LogP contribution is -2.41. The van der Waals surface area contributed by atoms with Gasteiger partial charge in [-0.3, -0.25) is 14.4 Å². The fraction of sp³-hybridized carbons (Fsp3) is 0.188. The van der Waals surface area contributed by atoms with E-state index < -0.39 is 11.8 Å². The van der Waals surface area contributed by atoms with Crippen LogP contribution >= 0.6 is 11.6 Å². The largest absolute Gasteiger partial charge is 0.467 e. The summed E-state index contributed by atoms with van der Waals surface area (Å²) >= 11 is 5.89. The minimum absolute atomic E-state index is 0.193. The van der Waals surface area contributed by atoms with Crippen LogP contribution in [-0.2, 0) is 16.1 Å². The molecular formula is C16H16ClN3O4. The molecule has 0 bridgehead atoms. The van der Waals surface area contributed by atoms with Crippen molar-refractivity contribution in [1.29, 1.82) is 0 Å². The molecule has 0 radical (unpaired) electrons. The zero-order valence-corrected chi connectivity index (χ0v) is 13.4. The Bertz CT molecular complexity index is 716. The van der Waals surface area contributed by atoms with E-state index in [-0.39, 0.29) is 31.1 Å². The smallest absolute Gasteiger partial charge is 0.253 e. The van der Waals surface area contributed by atoms with Crippen LogP contribution in [0.25, 0.3) is 0 Å². The van der Waals surface area contributed by atoms with Gasteiger partial charge in [0.05, 0.1) is 36.5 Å². The summed E-state index contributed by atoms with van der Waals surface area (Å²) in [6.07, 6.45) is 1.50. The van der Waals surface area contributed by atoms with E-state index in [0.717, 1.165) is 0 Å². The molecule has 2 rings (SSSR count). The summed E-state index contributed by atoms with van der Waals surface area (Å²) in [6.45, 7) is -0.206. The van der Waals surface area contributed by atoms with Gasteiger partial charge in [0.25, 0.3) is 5.91 Å². The predicted octanol–water partition coefficient (Wildman–Crippen LogP) is 1.10. The molecule has 0 fully saturated rings. The van der Waals surface area contributed by atoms with Crippen molar-refractivity contribution in [3.05, 3.63) is 59.0 Å². The lowest BCUT2D eigenvalue weighted by Gasteiger charge is -2.08. The first kappa shape index (κ1) is 17.6. The molecule has 0 aliphatic rings. The summed E-state index contributed by atoms with van der Waals surface area (Å²) < 4.78 is 5.07. The van der Waals surface area contributed by atoms with Crippen LogP contribution in [0.4, 0.5) is 0 Å². The van der Waals surface area contributed by atoms with Crippen molar-refractivity contribution >= 4 is 29.3 Å². The van der Waals surface area contributed by atoms with Crippen LogP contribution in [-0.4, -0.2) is 30.8 Å². The number of benzene rings is 1. The Morgan fingerprint density at radius 2 is 1.62 bits per heavy atom. The van der Waals surface area contributed by atoms with Crippen LogP contribution in [0.5, 0.6) is 0 Å². The fourth-order valence-corrected chi connectivity index (χ4v) is 2.03. The predicted molar refractivity (Wildman–Crippen MR) is 87.3 cm³/mol.